The Bertz CT molecular complexity index is 584. The Balaban J connectivity index is 3.54. The molecule has 0 aromatic heterocycles. The minimum atomic E-state index is -5.11. The number of benzene rings is 1. The van der Waals surface area contributed by atoms with Gasteiger partial charge in [0, 0.05) is 14.7 Å². The number of alkyl halides is 9. The van der Waals surface area contributed by atoms with E-state index in [-0.39, 0.29) is 12.1 Å². The lowest BCUT2D eigenvalue weighted by Gasteiger charge is -2.16. The summed E-state index contributed by atoms with van der Waals surface area (Å²) in [7, 11) is 0. The van der Waals surface area contributed by atoms with Crippen molar-refractivity contribution in [1.82, 2.24) is 0 Å². The summed E-state index contributed by atoms with van der Waals surface area (Å²) in [6.07, 6.45) is 0. The summed E-state index contributed by atoms with van der Waals surface area (Å²) in [6.45, 7) is 0. The molecular weight excluding hydrogens is 419 g/mol. The highest BCUT2D eigenvalue weighted by Crippen LogP contribution is 2.48. The molecule has 0 radical (unpaired) electrons. The van der Waals surface area contributed by atoms with E-state index in [0.717, 1.165) is 0 Å². The molecule has 0 spiro atoms. The molecule has 0 fully saturated rings. The normalized spacial score (nSPS) is 13.2. The molecule has 0 amide bonds. The number of aromatic carboxylic acids is 1. The SMILES string of the molecule is O=C(O)c1c(SC(F)(F)F)cc(SC(F)(F)F)cc1SC(F)(F)F. The maximum atomic E-state index is 12.4. The lowest BCUT2D eigenvalue weighted by atomic mass is 10.2. The molecule has 0 saturated carbocycles. The van der Waals surface area contributed by atoms with Crippen LogP contribution < -0.4 is 0 Å². The monoisotopic (exact) mass is 422 g/mol. The largest absolute Gasteiger partial charge is 0.478 e. The summed E-state index contributed by atoms with van der Waals surface area (Å²) in [5, 5.41) is 8.87. The lowest BCUT2D eigenvalue weighted by Crippen LogP contribution is -2.10. The fourth-order valence-electron chi connectivity index (χ4n) is 1.38. The van der Waals surface area contributed by atoms with E-state index in [1.54, 1.807) is 0 Å². The van der Waals surface area contributed by atoms with Crippen LogP contribution >= 0.6 is 35.3 Å². The number of rotatable bonds is 4. The Morgan fingerprint density at radius 2 is 1.08 bits per heavy atom. The summed E-state index contributed by atoms with van der Waals surface area (Å²) >= 11 is -3.17. The van der Waals surface area contributed by atoms with E-state index in [1.165, 1.54) is 0 Å². The number of halogens is 9. The van der Waals surface area contributed by atoms with Gasteiger partial charge in [0.25, 0.3) is 0 Å². The minimum absolute atomic E-state index is 0.236. The van der Waals surface area contributed by atoms with Crippen LogP contribution in [-0.2, 0) is 0 Å². The Morgan fingerprint density at radius 1 is 0.750 bits per heavy atom. The van der Waals surface area contributed by atoms with E-state index in [2.05, 4.69) is 0 Å². The van der Waals surface area contributed by atoms with Gasteiger partial charge in [-0.2, -0.15) is 39.5 Å². The molecule has 24 heavy (non-hydrogen) atoms. The molecule has 0 aliphatic rings. The number of thioether (sulfide) groups is 3. The van der Waals surface area contributed by atoms with Crippen LogP contribution in [0.4, 0.5) is 39.5 Å². The molecule has 1 aromatic carbocycles. The van der Waals surface area contributed by atoms with Crippen molar-refractivity contribution in [2.75, 3.05) is 0 Å². The molecule has 2 nitrogen and oxygen atoms in total. The van der Waals surface area contributed by atoms with Gasteiger partial charge in [-0.25, -0.2) is 4.79 Å². The molecule has 0 heterocycles. The number of carboxylic acid groups (broad SMARTS) is 1. The molecule has 0 aliphatic heterocycles. The third kappa shape index (κ3) is 7.34. The van der Waals surface area contributed by atoms with Gasteiger partial charge in [0.15, 0.2) is 0 Å². The molecule has 14 heteroatoms. The molecule has 0 saturated heterocycles. The van der Waals surface area contributed by atoms with Gasteiger partial charge in [-0.15, -0.1) is 0 Å². The third-order valence-corrected chi connectivity index (χ3v) is 4.19. The number of hydrogen-bond donors (Lipinski definition) is 1. The highest BCUT2D eigenvalue weighted by molar-refractivity contribution is 8.01. The van der Waals surface area contributed by atoms with E-state index in [0.29, 0.717) is 0 Å². The molecule has 1 N–H and O–H groups in total. The van der Waals surface area contributed by atoms with Gasteiger partial charge in [-0.1, -0.05) is 0 Å². The zero-order valence-corrected chi connectivity index (χ0v) is 13.1. The van der Waals surface area contributed by atoms with Gasteiger partial charge in [-0.3, -0.25) is 0 Å². The average molecular weight is 422 g/mol. The van der Waals surface area contributed by atoms with Gasteiger partial charge in [0.1, 0.15) is 0 Å². The van der Waals surface area contributed by atoms with Gasteiger partial charge in [0.2, 0.25) is 0 Å². The molecule has 0 aliphatic carbocycles. The van der Waals surface area contributed by atoms with Crippen LogP contribution in [0.25, 0.3) is 0 Å². The Labute approximate surface area is 140 Å². The van der Waals surface area contributed by atoms with Crippen LogP contribution in [0.15, 0.2) is 26.8 Å². The van der Waals surface area contributed by atoms with Gasteiger partial charge in [0.05, 0.1) is 5.56 Å². The summed E-state index contributed by atoms with van der Waals surface area (Å²) in [5.74, 6) is -2.13. The van der Waals surface area contributed by atoms with Crippen LogP contribution in [-0.4, -0.2) is 27.6 Å². The lowest BCUT2D eigenvalue weighted by molar-refractivity contribution is -0.0334. The predicted molar refractivity (Wildman–Crippen MR) is 69.1 cm³/mol. The van der Waals surface area contributed by atoms with Crippen LogP contribution in [0, 0.1) is 0 Å². The smallest absolute Gasteiger partial charge is 0.446 e. The highest BCUT2D eigenvalue weighted by atomic mass is 32.2. The summed E-state index contributed by atoms with van der Waals surface area (Å²) in [6, 6.07) is 0.473. The number of carboxylic acids is 1. The average Bonchev–Trinajstić information content (AvgIpc) is 2.19. The van der Waals surface area contributed by atoms with Crippen LogP contribution in [0.1, 0.15) is 10.4 Å². The van der Waals surface area contributed by atoms with E-state index < -0.39 is 78.0 Å². The van der Waals surface area contributed by atoms with Crippen molar-refractivity contribution in [2.24, 2.45) is 0 Å². The summed E-state index contributed by atoms with van der Waals surface area (Å²) < 4.78 is 112. The maximum absolute atomic E-state index is 12.4. The second-order valence-electron chi connectivity index (χ2n) is 3.74. The topological polar surface area (TPSA) is 37.3 Å². The van der Waals surface area contributed by atoms with Gasteiger partial charge < -0.3 is 5.11 Å². The molecule has 0 atom stereocenters. The predicted octanol–water partition coefficient (Wildman–Crippen LogP) is 6.22. The van der Waals surface area contributed by atoms with E-state index >= 15 is 0 Å². The van der Waals surface area contributed by atoms with Crippen molar-refractivity contribution in [1.29, 1.82) is 0 Å². The first kappa shape index (κ1) is 21.2. The fourth-order valence-corrected chi connectivity index (χ4v) is 3.68. The third-order valence-electron chi connectivity index (χ3n) is 1.94. The van der Waals surface area contributed by atoms with Crippen molar-refractivity contribution in [3.05, 3.63) is 17.7 Å². The molecule has 1 aromatic rings. The Hall–Kier alpha value is -0.890. The molecule has 1 rings (SSSR count). The minimum Gasteiger partial charge on any atom is -0.478 e. The molecule has 0 unspecified atom stereocenters. The van der Waals surface area contributed by atoms with Crippen molar-refractivity contribution in [3.8, 4) is 0 Å². The van der Waals surface area contributed by atoms with Gasteiger partial charge in [-0.05, 0) is 47.4 Å². The zero-order chi connectivity index (χ0) is 18.9. The van der Waals surface area contributed by atoms with Crippen molar-refractivity contribution in [2.45, 2.75) is 31.2 Å². The van der Waals surface area contributed by atoms with Crippen molar-refractivity contribution in [3.63, 3.8) is 0 Å². The first-order chi connectivity index (χ1) is 10.6. The standard InChI is InChI=1S/C10H3F9O2S3/c11-8(12,13)22-3-1-4(23-9(14,15)16)6(7(20)21)5(2-3)24-10(17,18)19/h1-2H,(H,20,21). The second-order valence-corrected chi connectivity index (χ2v) is 7.10. The van der Waals surface area contributed by atoms with Crippen LogP contribution in [0.3, 0.4) is 0 Å². The Kier molecular flexibility index (Phi) is 6.31. The highest BCUT2D eigenvalue weighted by Gasteiger charge is 2.38. The second kappa shape index (κ2) is 7.15. The van der Waals surface area contributed by atoms with Gasteiger partial charge >= 0.3 is 22.5 Å². The first-order valence-electron chi connectivity index (χ1n) is 5.26. The molecule has 136 valence electrons. The van der Waals surface area contributed by atoms with E-state index in [4.69, 9.17) is 5.11 Å². The van der Waals surface area contributed by atoms with E-state index in [9.17, 15) is 44.3 Å². The molecule has 0 bridgehead atoms. The summed E-state index contributed by atoms with van der Waals surface area (Å²) in [5.41, 5.74) is -16.6. The number of carbonyl (C=O) groups is 1. The quantitative estimate of drug-likeness (QED) is 0.461. The summed E-state index contributed by atoms with van der Waals surface area (Å²) in [4.78, 5) is 7.49. The molecular formula is C10H3F9O2S3. The van der Waals surface area contributed by atoms with Crippen LogP contribution in [0.5, 0.6) is 0 Å². The van der Waals surface area contributed by atoms with E-state index in [1.807, 2.05) is 0 Å². The fraction of sp³-hybridized carbons (Fsp3) is 0.300. The van der Waals surface area contributed by atoms with Crippen molar-refractivity contribution >= 4 is 41.3 Å². The van der Waals surface area contributed by atoms with Crippen LogP contribution in [0.2, 0.25) is 0 Å². The zero-order valence-electron chi connectivity index (χ0n) is 10.6. The number of hydrogen-bond acceptors (Lipinski definition) is 4. The maximum Gasteiger partial charge on any atom is 0.446 e. The first-order valence-corrected chi connectivity index (χ1v) is 7.71. The Morgan fingerprint density at radius 3 is 1.33 bits per heavy atom. The van der Waals surface area contributed by atoms with Crippen molar-refractivity contribution < 1.29 is 49.4 Å².